The summed E-state index contributed by atoms with van der Waals surface area (Å²) in [7, 11) is 2.44. The monoisotopic (exact) mass is 448 g/mol. The molecule has 30 heavy (non-hydrogen) atoms. The molecule has 3 unspecified atom stereocenters. The standard InChI is InChI=1S/C15H16F6N2O3.C2H6.CH4O/c1-7(25-2)3-9-6-12(24)26-13(22-9)8-4-10(14(16,17)18)23-11(5-8)15(19,20)21;2*1-2/h4-5,7,9,12,24H,3,6H2,1-2H3;1-2H3;2H,1H3. The first-order valence-corrected chi connectivity index (χ1v) is 8.97. The predicted octanol–water partition coefficient (Wildman–Crippen LogP) is 4.03. The van der Waals surface area contributed by atoms with E-state index in [4.69, 9.17) is 14.6 Å². The molecule has 2 N–H and O–H groups in total. The second-order valence-electron chi connectivity index (χ2n) is 5.80. The topological polar surface area (TPSA) is 84.2 Å². The van der Waals surface area contributed by atoms with E-state index in [1.165, 1.54) is 7.11 Å². The van der Waals surface area contributed by atoms with Crippen LogP contribution in [0.4, 0.5) is 26.3 Å². The van der Waals surface area contributed by atoms with Gasteiger partial charge in [-0.05, 0) is 25.5 Å². The van der Waals surface area contributed by atoms with Crippen LogP contribution in [0, 0.1) is 0 Å². The van der Waals surface area contributed by atoms with Crippen molar-refractivity contribution in [2.75, 3.05) is 14.2 Å². The van der Waals surface area contributed by atoms with Crippen molar-refractivity contribution in [3.63, 3.8) is 0 Å². The van der Waals surface area contributed by atoms with Crippen LogP contribution in [-0.2, 0) is 21.8 Å². The maximum absolute atomic E-state index is 12.9. The summed E-state index contributed by atoms with van der Waals surface area (Å²) in [4.78, 5) is 6.66. The Morgan fingerprint density at radius 3 is 1.97 bits per heavy atom. The van der Waals surface area contributed by atoms with Gasteiger partial charge in [0, 0.05) is 26.2 Å². The third-order valence-corrected chi connectivity index (χ3v) is 3.68. The summed E-state index contributed by atoms with van der Waals surface area (Å²) in [5.74, 6) is -0.504. The highest BCUT2D eigenvalue weighted by atomic mass is 19.4. The minimum atomic E-state index is -5.09. The molecule has 3 atom stereocenters. The molecule has 2 rings (SSSR count). The van der Waals surface area contributed by atoms with E-state index in [1.807, 2.05) is 13.8 Å². The number of aliphatic imine (C=N–C) groups is 1. The number of hydrogen-bond acceptors (Lipinski definition) is 6. The molecule has 1 aliphatic heterocycles. The van der Waals surface area contributed by atoms with E-state index < -0.39 is 47.5 Å². The number of halogens is 6. The van der Waals surface area contributed by atoms with Gasteiger partial charge in [0.1, 0.15) is 11.4 Å². The van der Waals surface area contributed by atoms with E-state index >= 15 is 0 Å². The lowest BCUT2D eigenvalue weighted by Crippen LogP contribution is -2.32. The maximum Gasteiger partial charge on any atom is 0.433 e. The number of aliphatic hydroxyl groups excluding tert-OH is 2. The molecule has 2 heterocycles. The van der Waals surface area contributed by atoms with Gasteiger partial charge in [-0.3, -0.25) is 0 Å². The molecular weight excluding hydrogens is 422 g/mol. The summed E-state index contributed by atoms with van der Waals surface area (Å²) >= 11 is 0. The zero-order chi connectivity index (χ0) is 23.7. The van der Waals surface area contributed by atoms with E-state index in [1.54, 1.807) is 6.92 Å². The zero-order valence-electron chi connectivity index (χ0n) is 17.2. The molecule has 12 heteroatoms. The van der Waals surface area contributed by atoms with Crippen LogP contribution in [0.1, 0.15) is 50.6 Å². The van der Waals surface area contributed by atoms with Crippen molar-refractivity contribution in [2.45, 2.75) is 64.4 Å². The third kappa shape index (κ3) is 8.44. The van der Waals surface area contributed by atoms with Gasteiger partial charge in [-0.2, -0.15) is 26.3 Å². The lowest BCUT2D eigenvalue weighted by molar-refractivity contribution is -0.150. The van der Waals surface area contributed by atoms with Gasteiger partial charge in [-0.15, -0.1) is 0 Å². The summed E-state index contributed by atoms with van der Waals surface area (Å²) in [5, 5.41) is 16.8. The van der Waals surface area contributed by atoms with E-state index in [-0.39, 0.29) is 12.5 Å². The molecule has 0 bridgehead atoms. The zero-order valence-corrected chi connectivity index (χ0v) is 17.2. The average molecular weight is 448 g/mol. The van der Waals surface area contributed by atoms with Crippen molar-refractivity contribution in [3.05, 3.63) is 29.1 Å². The van der Waals surface area contributed by atoms with Crippen molar-refractivity contribution in [1.82, 2.24) is 4.98 Å². The lowest BCUT2D eigenvalue weighted by atomic mass is 10.1. The van der Waals surface area contributed by atoms with Crippen molar-refractivity contribution >= 4 is 5.90 Å². The minimum absolute atomic E-state index is 0.0422. The van der Waals surface area contributed by atoms with Gasteiger partial charge in [0.15, 0.2) is 0 Å². The van der Waals surface area contributed by atoms with Gasteiger partial charge in [0.2, 0.25) is 12.2 Å². The van der Waals surface area contributed by atoms with Crippen LogP contribution < -0.4 is 0 Å². The number of nitrogens with zero attached hydrogens (tertiary/aromatic N) is 2. The summed E-state index contributed by atoms with van der Waals surface area (Å²) in [6.07, 6.45) is -11.5. The first kappa shape index (κ1) is 28.1. The Labute approximate surface area is 170 Å². The fraction of sp³-hybridized carbons (Fsp3) is 0.667. The Morgan fingerprint density at radius 2 is 1.57 bits per heavy atom. The van der Waals surface area contributed by atoms with E-state index in [0.29, 0.717) is 18.6 Å². The number of ether oxygens (including phenoxy) is 2. The van der Waals surface area contributed by atoms with Crippen LogP contribution in [0.3, 0.4) is 0 Å². The molecule has 1 aliphatic rings. The van der Waals surface area contributed by atoms with Crippen molar-refractivity contribution in [3.8, 4) is 0 Å². The molecule has 1 aromatic rings. The highest BCUT2D eigenvalue weighted by Crippen LogP contribution is 2.34. The predicted molar refractivity (Wildman–Crippen MR) is 96.9 cm³/mol. The summed E-state index contributed by atoms with van der Waals surface area (Å²) in [5.41, 5.74) is -4.01. The van der Waals surface area contributed by atoms with Gasteiger partial charge in [-0.1, -0.05) is 13.8 Å². The number of methoxy groups -OCH3 is 1. The highest BCUT2D eigenvalue weighted by Gasteiger charge is 2.40. The Bertz CT molecular complexity index is 647. The van der Waals surface area contributed by atoms with Crippen molar-refractivity contribution in [1.29, 1.82) is 0 Å². The van der Waals surface area contributed by atoms with Crippen molar-refractivity contribution in [2.24, 2.45) is 4.99 Å². The first-order valence-electron chi connectivity index (χ1n) is 8.97. The quantitative estimate of drug-likeness (QED) is 0.680. The second kappa shape index (κ2) is 12.1. The molecule has 0 spiro atoms. The molecule has 0 radical (unpaired) electrons. The van der Waals surface area contributed by atoms with Crippen molar-refractivity contribution < 1.29 is 46.0 Å². The number of alkyl halides is 6. The highest BCUT2D eigenvalue weighted by molar-refractivity contribution is 5.95. The fourth-order valence-corrected chi connectivity index (χ4v) is 2.37. The van der Waals surface area contributed by atoms with E-state index in [2.05, 4.69) is 9.98 Å². The second-order valence-corrected chi connectivity index (χ2v) is 5.80. The number of aliphatic hydroxyl groups is 2. The summed E-state index contributed by atoms with van der Waals surface area (Å²) in [6, 6.07) is 0.229. The van der Waals surface area contributed by atoms with Gasteiger partial charge < -0.3 is 19.7 Å². The molecule has 1 aromatic heterocycles. The molecule has 0 saturated carbocycles. The Hall–Kier alpha value is -1.92. The van der Waals surface area contributed by atoms with Crippen LogP contribution in [0.25, 0.3) is 0 Å². The number of rotatable bonds is 4. The van der Waals surface area contributed by atoms with Gasteiger partial charge in [0.25, 0.3) is 0 Å². The molecule has 0 saturated heterocycles. The van der Waals surface area contributed by atoms with Crippen LogP contribution in [0.15, 0.2) is 17.1 Å². The van der Waals surface area contributed by atoms with Crippen LogP contribution in [0.5, 0.6) is 0 Å². The van der Waals surface area contributed by atoms with Gasteiger partial charge in [0.05, 0.1) is 12.1 Å². The van der Waals surface area contributed by atoms with Gasteiger partial charge >= 0.3 is 12.4 Å². The van der Waals surface area contributed by atoms with Crippen LogP contribution in [-0.4, -0.2) is 53.8 Å². The molecule has 174 valence electrons. The normalized spacial score (nSPS) is 20.0. The molecule has 0 aliphatic carbocycles. The SMILES string of the molecule is CC.CO.COC(C)CC1CC(O)OC(c2cc(C(F)(F)F)nc(C(F)(F)F)c2)=N1. The Kier molecular flexibility index (Phi) is 11.3. The minimum Gasteiger partial charge on any atom is -0.448 e. The first-order chi connectivity index (χ1) is 13.9. The number of hydrogen-bond donors (Lipinski definition) is 2. The molecule has 6 nitrogen and oxygen atoms in total. The van der Waals surface area contributed by atoms with Gasteiger partial charge in [-0.25, -0.2) is 9.98 Å². The molecule has 0 amide bonds. The molecular formula is C18H26F6N2O4. The Morgan fingerprint density at radius 1 is 1.10 bits per heavy atom. The third-order valence-electron chi connectivity index (χ3n) is 3.68. The van der Waals surface area contributed by atoms with Crippen LogP contribution in [0.2, 0.25) is 0 Å². The summed E-state index contributed by atoms with van der Waals surface area (Å²) < 4.78 is 87.4. The maximum atomic E-state index is 12.9. The molecule has 0 fully saturated rings. The fourth-order valence-electron chi connectivity index (χ4n) is 2.37. The number of aromatic nitrogens is 1. The van der Waals surface area contributed by atoms with E-state index in [0.717, 1.165) is 7.11 Å². The largest absolute Gasteiger partial charge is 0.448 e. The summed E-state index contributed by atoms with van der Waals surface area (Å²) in [6.45, 7) is 5.72. The molecule has 0 aromatic carbocycles. The number of pyridine rings is 1. The van der Waals surface area contributed by atoms with E-state index in [9.17, 15) is 31.4 Å². The smallest absolute Gasteiger partial charge is 0.433 e. The average Bonchev–Trinajstić information content (AvgIpc) is 2.69. The lowest BCUT2D eigenvalue weighted by Gasteiger charge is -2.27. The Balaban J connectivity index is 0.00000198. The van der Waals surface area contributed by atoms with Crippen LogP contribution >= 0.6 is 0 Å².